The van der Waals surface area contributed by atoms with Crippen molar-refractivity contribution in [1.82, 2.24) is 15.6 Å². The Morgan fingerprint density at radius 2 is 2.17 bits per heavy atom. The summed E-state index contributed by atoms with van der Waals surface area (Å²) in [5, 5.41) is 6.83. The van der Waals surface area contributed by atoms with Crippen LogP contribution in [0, 0.1) is 0 Å². The van der Waals surface area contributed by atoms with Crippen molar-refractivity contribution in [3.63, 3.8) is 0 Å². The Morgan fingerprint density at radius 1 is 1.29 bits per heavy atom. The van der Waals surface area contributed by atoms with Crippen LogP contribution in [0.3, 0.4) is 0 Å². The molecule has 1 aromatic heterocycles. The number of aromatic nitrogens is 1. The Balaban J connectivity index is 1.39. The molecule has 3 rings (SSSR count). The number of unbranched alkanes of at least 4 members (excludes halogenated alkanes) is 1. The number of hydrogen-bond acceptors (Lipinski definition) is 4. The molecule has 1 aromatic carbocycles. The number of para-hydroxylation sites is 1. The van der Waals surface area contributed by atoms with Crippen LogP contribution >= 0.6 is 11.3 Å². The standard InChI is InChI=1S/C18H23N3O2S/c22-16(20-14-8-5-6-12-19-18(14)23)10-3-4-11-17-21-13-7-1-2-9-15(13)24-17/h1-2,7,9,14H,3-6,8,10-12H2,(H,19,23)(H,20,22)/t14-/m1/s1. The zero-order chi connectivity index (χ0) is 16.8. The Bertz CT molecular complexity index is 680. The summed E-state index contributed by atoms with van der Waals surface area (Å²) in [6, 6.07) is 7.78. The van der Waals surface area contributed by atoms with E-state index in [-0.39, 0.29) is 17.9 Å². The van der Waals surface area contributed by atoms with Crippen LogP contribution in [-0.4, -0.2) is 29.4 Å². The fourth-order valence-electron chi connectivity index (χ4n) is 2.93. The number of aryl methyl sites for hydroxylation is 1. The van der Waals surface area contributed by atoms with Crippen molar-refractivity contribution in [3.05, 3.63) is 29.3 Å². The van der Waals surface area contributed by atoms with E-state index < -0.39 is 0 Å². The van der Waals surface area contributed by atoms with Gasteiger partial charge in [0.15, 0.2) is 0 Å². The molecule has 2 amide bonds. The van der Waals surface area contributed by atoms with Crippen LogP contribution in [0.2, 0.25) is 0 Å². The first-order chi connectivity index (χ1) is 11.7. The van der Waals surface area contributed by atoms with E-state index in [1.165, 1.54) is 4.70 Å². The summed E-state index contributed by atoms with van der Waals surface area (Å²) in [5.74, 6) is -0.0725. The first-order valence-corrected chi connectivity index (χ1v) is 9.45. The molecule has 2 heterocycles. The highest BCUT2D eigenvalue weighted by Crippen LogP contribution is 2.22. The number of amides is 2. The maximum atomic E-state index is 12.0. The number of nitrogens with zero attached hydrogens (tertiary/aromatic N) is 1. The topological polar surface area (TPSA) is 71.1 Å². The lowest BCUT2D eigenvalue weighted by atomic mass is 10.1. The van der Waals surface area contributed by atoms with E-state index in [0.29, 0.717) is 13.0 Å². The van der Waals surface area contributed by atoms with Crippen molar-refractivity contribution in [1.29, 1.82) is 0 Å². The molecule has 0 bridgehead atoms. The highest BCUT2D eigenvalue weighted by Gasteiger charge is 2.21. The zero-order valence-electron chi connectivity index (χ0n) is 13.7. The molecule has 0 saturated carbocycles. The average Bonchev–Trinajstić information content (AvgIpc) is 2.89. The first kappa shape index (κ1) is 16.9. The average molecular weight is 345 g/mol. The molecule has 2 aromatic rings. The van der Waals surface area contributed by atoms with Crippen molar-refractivity contribution in [2.24, 2.45) is 0 Å². The molecule has 1 atom stereocenters. The van der Waals surface area contributed by atoms with Crippen LogP contribution in [0.5, 0.6) is 0 Å². The van der Waals surface area contributed by atoms with E-state index in [1.54, 1.807) is 11.3 Å². The van der Waals surface area contributed by atoms with E-state index in [0.717, 1.165) is 49.0 Å². The molecule has 6 heteroatoms. The van der Waals surface area contributed by atoms with E-state index in [1.807, 2.05) is 18.2 Å². The largest absolute Gasteiger partial charge is 0.354 e. The van der Waals surface area contributed by atoms with Gasteiger partial charge in [-0.05, 0) is 50.7 Å². The SMILES string of the molecule is O=C(CCCCc1nc2ccccc2s1)N[C@@H]1CCCCNC1=O. The van der Waals surface area contributed by atoms with E-state index >= 15 is 0 Å². The van der Waals surface area contributed by atoms with Gasteiger partial charge in [-0.25, -0.2) is 4.98 Å². The Kier molecular flexibility index (Phi) is 5.80. The minimum atomic E-state index is -0.357. The number of rotatable bonds is 6. The Hall–Kier alpha value is -1.95. The number of carbonyl (C=O) groups excluding carboxylic acids is 2. The molecule has 0 unspecified atom stereocenters. The van der Waals surface area contributed by atoms with Crippen LogP contribution in [0.25, 0.3) is 10.2 Å². The minimum absolute atomic E-state index is 0.0265. The minimum Gasteiger partial charge on any atom is -0.354 e. The lowest BCUT2D eigenvalue weighted by Gasteiger charge is -2.14. The number of thiazole rings is 1. The van der Waals surface area contributed by atoms with E-state index in [4.69, 9.17) is 0 Å². The summed E-state index contributed by atoms with van der Waals surface area (Å²) >= 11 is 1.72. The summed E-state index contributed by atoms with van der Waals surface area (Å²) in [6.07, 6.45) is 5.82. The molecule has 128 valence electrons. The molecule has 0 spiro atoms. The highest BCUT2D eigenvalue weighted by atomic mass is 32.1. The smallest absolute Gasteiger partial charge is 0.242 e. The monoisotopic (exact) mass is 345 g/mol. The predicted molar refractivity (Wildman–Crippen MR) is 96.0 cm³/mol. The zero-order valence-corrected chi connectivity index (χ0v) is 14.5. The summed E-state index contributed by atoms with van der Waals surface area (Å²) < 4.78 is 1.21. The van der Waals surface area contributed by atoms with Gasteiger partial charge in [0.2, 0.25) is 11.8 Å². The quantitative estimate of drug-likeness (QED) is 0.791. The normalized spacial score (nSPS) is 18.2. The van der Waals surface area contributed by atoms with Crippen LogP contribution in [0.1, 0.15) is 43.5 Å². The van der Waals surface area contributed by atoms with Crippen molar-refractivity contribution in [2.45, 2.75) is 51.0 Å². The third kappa shape index (κ3) is 4.54. The molecule has 0 aliphatic carbocycles. The Labute approximate surface area is 145 Å². The van der Waals surface area contributed by atoms with Gasteiger partial charge in [-0.15, -0.1) is 11.3 Å². The van der Waals surface area contributed by atoms with Crippen LogP contribution in [0.4, 0.5) is 0 Å². The van der Waals surface area contributed by atoms with E-state index in [9.17, 15) is 9.59 Å². The second kappa shape index (κ2) is 8.24. The lowest BCUT2D eigenvalue weighted by Crippen LogP contribution is -2.45. The molecule has 1 aliphatic heterocycles. The van der Waals surface area contributed by atoms with Gasteiger partial charge < -0.3 is 10.6 Å². The second-order valence-corrected chi connectivity index (χ2v) is 7.30. The molecule has 1 aliphatic rings. The van der Waals surface area contributed by atoms with Crippen LogP contribution < -0.4 is 10.6 Å². The van der Waals surface area contributed by atoms with Gasteiger partial charge in [-0.3, -0.25) is 9.59 Å². The van der Waals surface area contributed by atoms with Crippen LogP contribution in [0.15, 0.2) is 24.3 Å². The molecule has 1 fully saturated rings. The van der Waals surface area contributed by atoms with Crippen LogP contribution in [-0.2, 0) is 16.0 Å². The molecule has 5 nitrogen and oxygen atoms in total. The summed E-state index contributed by atoms with van der Waals surface area (Å²) in [7, 11) is 0. The van der Waals surface area contributed by atoms with Gasteiger partial charge in [-0.1, -0.05) is 12.1 Å². The maximum absolute atomic E-state index is 12.0. The van der Waals surface area contributed by atoms with Gasteiger partial charge in [0.1, 0.15) is 6.04 Å². The van der Waals surface area contributed by atoms with Gasteiger partial charge in [0.05, 0.1) is 15.2 Å². The van der Waals surface area contributed by atoms with Gasteiger partial charge >= 0.3 is 0 Å². The third-order valence-corrected chi connectivity index (χ3v) is 5.35. The highest BCUT2D eigenvalue weighted by molar-refractivity contribution is 7.18. The number of fused-ring (bicyclic) bond motifs is 1. The van der Waals surface area contributed by atoms with Crippen molar-refractivity contribution < 1.29 is 9.59 Å². The number of carbonyl (C=O) groups is 2. The van der Waals surface area contributed by atoms with Gasteiger partial charge in [0, 0.05) is 13.0 Å². The maximum Gasteiger partial charge on any atom is 0.242 e. The summed E-state index contributed by atoms with van der Waals surface area (Å²) in [4.78, 5) is 28.4. The molecule has 1 saturated heterocycles. The lowest BCUT2D eigenvalue weighted by molar-refractivity contribution is -0.128. The first-order valence-electron chi connectivity index (χ1n) is 8.64. The molecular formula is C18H23N3O2S. The van der Waals surface area contributed by atoms with E-state index in [2.05, 4.69) is 21.7 Å². The van der Waals surface area contributed by atoms with Gasteiger partial charge in [-0.2, -0.15) is 0 Å². The molecule has 0 radical (unpaired) electrons. The summed E-state index contributed by atoms with van der Waals surface area (Å²) in [6.45, 7) is 0.716. The fraction of sp³-hybridized carbons (Fsp3) is 0.500. The number of nitrogens with one attached hydrogen (secondary N) is 2. The fourth-order valence-corrected chi connectivity index (χ4v) is 3.94. The predicted octanol–water partition coefficient (Wildman–Crippen LogP) is 2.79. The van der Waals surface area contributed by atoms with Crippen molar-refractivity contribution in [3.8, 4) is 0 Å². The molecular weight excluding hydrogens is 322 g/mol. The molecule has 24 heavy (non-hydrogen) atoms. The summed E-state index contributed by atoms with van der Waals surface area (Å²) in [5.41, 5.74) is 1.05. The number of hydrogen-bond donors (Lipinski definition) is 2. The second-order valence-electron chi connectivity index (χ2n) is 6.19. The van der Waals surface area contributed by atoms with Crippen molar-refractivity contribution in [2.75, 3.05) is 6.54 Å². The molecule has 2 N–H and O–H groups in total. The third-order valence-electron chi connectivity index (χ3n) is 4.25. The number of benzene rings is 1. The van der Waals surface area contributed by atoms with Gasteiger partial charge in [0.25, 0.3) is 0 Å². The Morgan fingerprint density at radius 3 is 3.04 bits per heavy atom. The van der Waals surface area contributed by atoms with Crippen molar-refractivity contribution >= 4 is 33.4 Å².